The van der Waals surface area contributed by atoms with Crippen LogP contribution in [0.4, 0.5) is 0 Å². The Balaban J connectivity index is 1.88. The number of nitrogens with zero attached hydrogens (tertiary/aromatic N) is 2. The Kier molecular flexibility index (Phi) is 4.86. The van der Waals surface area contributed by atoms with Crippen molar-refractivity contribution in [1.29, 1.82) is 0 Å². The zero-order valence-corrected chi connectivity index (χ0v) is 13.0. The monoisotopic (exact) mass is 326 g/mol. The molecular formula is C18H15ClN2O2. The zero-order valence-electron chi connectivity index (χ0n) is 12.3. The first-order valence-electron chi connectivity index (χ1n) is 7.16. The molecule has 0 spiro atoms. The van der Waals surface area contributed by atoms with E-state index in [1.165, 1.54) is 6.33 Å². The molecule has 0 saturated heterocycles. The maximum atomic E-state index is 10.6. The molecule has 0 fully saturated rings. The minimum Gasteiger partial charge on any atom is -0.472 e. The quantitative estimate of drug-likeness (QED) is 0.725. The molecule has 1 heterocycles. The number of rotatable bonds is 5. The molecule has 0 aliphatic carbocycles. The van der Waals surface area contributed by atoms with E-state index in [0.29, 0.717) is 17.7 Å². The number of hydrogen-bond acceptors (Lipinski definition) is 4. The standard InChI is InChI=1S/C18H15ClN2O2/c19-17-15(16(22)14-9-5-2-6-10-14)18(21-12-20-17)23-11-13-7-3-1-4-8-13/h1-10,12,16,22H,11H2/t16-/m1/s1. The van der Waals surface area contributed by atoms with E-state index in [1.54, 1.807) is 0 Å². The number of aliphatic hydroxyl groups excluding tert-OH is 1. The van der Waals surface area contributed by atoms with Crippen molar-refractivity contribution in [2.24, 2.45) is 0 Å². The topological polar surface area (TPSA) is 55.2 Å². The molecule has 2 aromatic carbocycles. The fraction of sp³-hybridized carbons (Fsp3) is 0.111. The predicted molar refractivity (Wildman–Crippen MR) is 88.3 cm³/mol. The van der Waals surface area contributed by atoms with Gasteiger partial charge in [0.05, 0.1) is 5.56 Å². The molecule has 0 unspecified atom stereocenters. The minimum absolute atomic E-state index is 0.180. The summed E-state index contributed by atoms with van der Waals surface area (Å²) in [6.07, 6.45) is 0.375. The second-order valence-corrected chi connectivity index (χ2v) is 5.33. The van der Waals surface area contributed by atoms with Gasteiger partial charge in [-0.15, -0.1) is 0 Å². The SMILES string of the molecule is O[C@H](c1ccccc1)c1c(Cl)ncnc1OCc1ccccc1. The van der Waals surface area contributed by atoms with Crippen molar-refractivity contribution in [3.63, 3.8) is 0 Å². The van der Waals surface area contributed by atoms with E-state index in [2.05, 4.69) is 9.97 Å². The summed E-state index contributed by atoms with van der Waals surface area (Å²) in [5.41, 5.74) is 2.08. The van der Waals surface area contributed by atoms with Gasteiger partial charge in [0.2, 0.25) is 5.88 Å². The molecule has 0 bridgehead atoms. The van der Waals surface area contributed by atoms with Gasteiger partial charge in [0, 0.05) is 0 Å². The highest BCUT2D eigenvalue weighted by Crippen LogP contribution is 2.33. The second kappa shape index (κ2) is 7.22. The average molecular weight is 327 g/mol. The summed E-state index contributed by atoms with van der Waals surface area (Å²) in [5, 5.41) is 10.8. The molecule has 1 N–H and O–H groups in total. The van der Waals surface area contributed by atoms with Gasteiger partial charge in [-0.1, -0.05) is 72.3 Å². The zero-order chi connectivity index (χ0) is 16.1. The van der Waals surface area contributed by atoms with E-state index in [9.17, 15) is 5.11 Å². The third-order valence-corrected chi connectivity index (χ3v) is 3.71. The van der Waals surface area contributed by atoms with E-state index < -0.39 is 6.10 Å². The second-order valence-electron chi connectivity index (χ2n) is 4.97. The van der Waals surface area contributed by atoms with Gasteiger partial charge in [-0.25, -0.2) is 9.97 Å². The fourth-order valence-corrected chi connectivity index (χ4v) is 2.46. The third-order valence-electron chi connectivity index (χ3n) is 3.41. The lowest BCUT2D eigenvalue weighted by Gasteiger charge is -2.16. The van der Waals surface area contributed by atoms with E-state index in [0.717, 1.165) is 5.56 Å². The van der Waals surface area contributed by atoms with Crippen LogP contribution in [0.5, 0.6) is 5.88 Å². The number of aromatic nitrogens is 2. The Morgan fingerprint density at radius 3 is 2.30 bits per heavy atom. The van der Waals surface area contributed by atoms with Crippen LogP contribution in [0.25, 0.3) is 0 Å². The normalized spacial score (nSPS) is 11.9. The van der Waals surface area contributed by atoms with Crippen LogP contribution in [-0.2, 0) is 6.61 Å². The van der Waals surface area contributed by atoms with Crippen molar-refractivity contribution in [3.05, 3.63) is 88.8 Å². The molecule has 0 aliphatic rings. The number of aliphatic hydroxyl groups is 1. The van der Waals surface area contributed by atoms with Crippen LogP contribution >= 0.6 is 11.6 Å². The third kappa shape index (κ3) is 3.67. The molecule has 116 valence electrons. The molecule has 1 aromatic heterocycles. The highest BCUT2D eigenvalue weighted by Gasteiger charge is 2.21. The van der Waals surface area contributed by atoms with Gasteiger partial charge in [0.25, 0.3) is 0 Å². The summed E-state index contributed by atoms with van der Waals surface area (Å²) >= 11 is 6.16. The lowest BCUT2D eigenvalue weighted by molar-refractivity contribution is 0.206. The van der Waals surface area contributed by atoms with Gasteiger partial charge in [-0.2, -0.15) is 0 Å². The van der Waals surface area contributed by atoms with Crippen LogP contribution in [0.15, 0.2) is 67.0 Å². The smallest absolute Gasteiger partial charge is 0.224 e. The number of halogens is 1. The van der Waals surface area contributed by atoms with E-state index in [4.69, 9.17) is 16.3 Å². The molecule has 3 rings (SSSR count). The minimum atomic E-state index is -0.948. The van der Waals surface area contributed by atoms with Gasteiger partial charge >= 0.3 is 0 Å². The molecule has 3 aromatic rings. The summed E-state index contributed by atoms with van der Waals surface area (Å²) in [7, 11) is 0. The van der Waals surface area contributed by atoms with Crippen molar-refractivity contribution in [2.45, 2.75) is 12.7 Å². The van der Waals surface area contributed by atoms with Gasteiger partial charge in [-0.3, -0.25) is 0 Å². The summed E-state index contributed by atoms with van der Waals surface area (Å²) in [4.78, 5) is 8.08. The highest BCUT2D eigenvalue weighted by atomic mass is 35.5. The van der Waals surface area contributed by atoms with Crippen LogP contribution in [0, 0.1) is 0 Å². The first-order valence-corrected chi connectivity index (χ1v) is 7.53. The number of ether oxygens (including phenoxy) is 1. The van der Waals surface area contributed by atoms with Crippen molar-refractivity contribution in [3.8, 4) is 5.88 Å². The fourth-order valence-electron chi connectivity index (χ4n) is 2.23. The maximum Gasteiger partial charge on any atom is 0.224 e. The van der Waals surface area contributed by atoms with Crippen LogP contribution < -0.4 is 4.74 Å². The molecule has 0 aliphatic heterocycles. The number of benzene rings is 2. The molecule has 0 amide bonds. The van der Waals surface area contributed by atoms with Crippen LogP contribution in [0.3, 0.4) is 0 Å². The molecule has 1 atom stereocenters. The van der Waals surface area contributed by atoms with E-state index in [-0.39, 0.29) is 11.0 Å². The molecular weight excluding hydrogens is 312 g/mol. The molecule has 4 nitrogen and oxygen atoms in total. The molecule has 0 radical (unpaired) electrons. The van der Waals surface area contributed by atoms with Crippen molar-refractivity contribution >= 4 is 11.6 Å². The lowest BCUT2D eigenvalue weighted by atomic mass is 10.0. The van der Waals surface area contributed by atoms with Crippen LogP contribution in [-0.4, -0.2) is 15.1 Å². The van der Waals surface area contributed by atoms with Gasteiger partial charge in [0.1, 0.15) is 24.2 Å². The first-order chi connectivity index (χ1) is 11.3. The van der Waals surface area contributed by atoms with Crippen molar-refractivity contribution in [1.82, 2.24) is 9.97 Å². The van der Waals surface area contributed by atoms with Crippen LogP contribution in [0.1, 0.15) is 22.8 Å². The van der Waals surface area contributed by atoms with Gasteiger partial charge < -0.3 is 9.84 Å². The van der Waals surface area contributed by atoms with Gasteiger partial charge in [0.15, 0.2) is 0 Å². The Morgan fingerprint density at radius 2 is 1.61 bits per heavy atom. The highest BCUT2D eigenvalue weighted by molar-refractivity contribution is 6.30. The predicted octanol–water partition coefficient (Wildman–Crippen LogP) is 3.79. The summed E-state index contributed by atoms with van der Waals surface area (Å²) < 4.78 is 5.75. The lowest BCUT2D eigenvalue weighted by Crippen LogP contribution is -2.08. The molecule has 23 heavy (non-hydrogen) atoms. The Labute approximate surface area is 139 Å². The first kappa shape index (κ1) is 15.5. The average Bonchev–Trinajstić information content (AvgIpc) is 2.61. The Hall–Kier alpha value is -2.43. The van der Waals surface area contributed by atoms with E-state index in [1.807, 2.05) is 60.7 Å². The Bertz CT molecular complexity index is 766. The van der Waals surface area contributed by atoms with Gasteiger partial charge in [-0.05, 0) is 11.1 Å². The van der Waals surface area contributed by atoms with Crippen molar-refractivity contribution < 1.29 is 9.84 Å². The number of hydrogen-bond donors (Lipinski definition) is 1. The van der Waals surface area contributed by atoms with Crippen LogP contribution in [0.2, 0.25) is 5.15 Å². The van der Waals surface area contributed by atoms with Crippen molar-refractivity contribution in [2.75, 3.05) is 0 Å². The molecule has 5 heteroatoms. The summed E-state index contributed by atoms with van der Waals surface area (Å²) in [5.74, 6) is 0.283. The summed E-state index contributed by atoms with van der Waals surface area (Å²) in [6.45, 7) is 0.336. The Morgan fingerprint density at radius 1 is 0.957 bits per heavy atom. The largest absolute Gasteiger partial charge is 0.472 e. The molecule has 0 saturated carbocycles. The van der Waals surface area contributed by atoms with E-state index >= 15 is 0 Å². The summed E-state index contributed by atoms with van der Waals surface area (Å²) in [6, 6.07) is 18.9. The maximum absolute atomic E-state index is 10.6.